The number of rotatable bonds is 7. The van der Waals surface area contributed by atoms with Gasteiger partial charge in [-0.1, -0.05) is 11.8 Å². The number of thioether (sulfide) groups is 1. The number of hydrogen-bond donors (Lipinski definition) is 0. The normalized spacial score (nSPS) is 17.4. The maximum atomic E-state index is 13.3. The first-order chi connectivity index (χ1) is 16.6. The molecule has 3 aromatic rings. The summed E-state index contributed by atoms with van der Waals surface area (Å²) in [5.41, 5.74) is 3.65. The van der Waals surface area contributed by atoms with Gasteiger partial charge in [0.25, 0.3) is 0 Å². The second-order valence-electron chi connectivity index (χ2n) is 9.30. The number of piperidine rings is 1. The number of aromatic nitrogens is 4. The van der Waals surface area contributed by atoms with E-state index in [2.05, 4.69) is 24.2 Å². The van der Waals surface area contributed by atoms with E-state index < -0.39 is 0 Å². The molecule has 3 aliphatic rings. The van der Waals surface area contributed by atoms with Crippen molar-refractivity contribution in [3.05, 3.63) is 41.2 Å². The molecule has 34 heavy (non-hydrogen) atoms. The maximum absolute atomic E-state index is 13.3. The predicted molar refractivity (Wildman–Crippen MR) is 131 cm³/mol. The van der Waals surface area contributed by atoms with E-state index >= 15 is 0 Å². The Hall–Kier alpha value is -2.94. The highest BCUT2D eigenvalue weighted by molar-refractivity contribution is 7.99. The molecule has 6 rings (SSSR count). The summed E-state index contributed by atoms with van der Waals surface area (Å²) in [5, 5.41) is 9.89. The Labute approximate surface area is 203 Å². The van der Waals surface area contributed by atoms with Crippen LogP contribution in [-0.2, 0) is 0 Å². The zero-order valence-corrected chi connectivity index (χ0v) is 20.4. The van der Waals surface area contributed by atoms with Gasteiger partial charge in [0.1, 0.15) is 0 Å². The molecule has 2 aromatic heterocycles. The number of anilines is 1. The van der Waals surface area contributed by atoms with Crippen LogP contribution in [0.1, 0.15) is 59.9 Å². The third-order valence-electron chi connectivity index (χ3n) is 6.88. The lowest BCUT2D eigenvalue weighted by Gasteiger charge is -2.27. The molecule has 1 saturated heterocycles. The van der Waals surface area contributed by atoms with Crippen molar-refractivity contribution in [1.82, 2.24) is 19.3 Å². The van der Waals surface area contributed by atoms with E-state index in [-0.39, 0.29) is 12.6 Å². The highest BCUT2D eigenvalue weighted by Gasteiger charge is 2.32. The lowest BCUT2D eigenvalue weighted by atomic mass is 10.1. The van der Waals surface area contributed by atoms with Crippen LogP contribution in [0.4, 0.5) is 5.95 Å². The molecule has 1 aliphatic carbocycles. The predicted octanol–water partition coefficient (Wildman–Crippen LogP) is 4.71. The third kappa shape index (κ3) is 3.85. The summed E-state index contributed by atoms with van der Waals surface area (Å²) in [7, 11) is 0. The van der Waals surface area contributed by atoms with Crippen molar-refractivity contribution in [2.75, 3.05) is 30.5 Å². The molecule has 1 aromatic carbocycles. The zero-order valence-electron chi connectivity index (χ0n) is 19.6. The smallest absolute Gasteiger partial charge is 0.231 e. The second kappa shape index (κ2) is 8.69. The van der Waals surface area contributed by atoms with Crippen LogP contribution in [0, 0.1) is 13.8 Å². The Morgan fingerprint density at radius 3 is 2.65 bits per heavy atom. The fourth-order valence-electron chi connectivity index (χ4n) is 5.00. The molecule has 178 valence electrons. The quantitative estimate of drug-likeness (QED) is 0.359. The van der Waals surface area contributed by atoms with E-state index in [4.69, 9.17) is 9.47 Å². The molecular formula is C25H29N5O3S. The van der Waals surface area contributed by atoms with Crippen molar-refractivity contribution in [1.29, 1.82) is 0 Å². The average Bonchev–Trinajstić information content (AvgIpc) is 3.29. The Balaban J connectivity index is 1.21. The zero-order chi connectivity index (χ0) is 23.2. The summed E-state index contributed by atoms with van der Waals surface area (Å²) >= 11 is 1.51. The SMILES string of the molecule is Cc1cc(C(=O)CSc2nnc(N3CCCCC3)n2C2CC2)c(C)n1-c1ccc2c(c1)OCO2. The molecule has 0 spiro atoms. The average molecular weight is 480 g/mol. The van der Waals surface area contributed by atoms with Gasteiger partial charge in [0.2, 0.25) is 12.7 Å². The molecular weight excluding hydrogens is 450 g/mol. The summed E-state index contributed by atoms with van der Waals surface area (Å²) in [5.74, 6) is 2.92. The first-order valence-electron chi connectivity index (χ1n) is 12.0. The number of hydrogen-bond acceptors (Lipinski definition) is 7. The van der Waals surface area contributed by atoms with Gasteiger partial charge in [-0.05, 0) is 64.2 Å². The van der Waals surface area contributed by atoms with E-state index in [0.29, 0.717) is 11.8 Å². The van der Waals surface area contributed by atoms with E-state index in [0.717, 1.165) is 71.2 Å². The minimum atomic E-state index is 0.106. The number of aryl methyl sites for hydroxylation is 1. The van der Waals surface area contributed by atoms with E-state index in [1.165, 1.54) is 31.0 Å². The Kier molecular flexibility index (Phi) is 5.51. The number of ether oxygens (including phenoxy) is 2. The van der Waals surface area contributed by atoms with Gasteiger partial charge in [0.05, 0.1) is 5.75 Å². The fraction of sp³-hybridized carbons (Fsp3) is 0.480. The largest absolute Gasteiger partial charge is 0.454 e. The van der Waals surface area contributed by atoms with Crippen molar-refractivity contribution >= 4 is 23.5 Å². The molecule has 0 unspecified atom stereocenters. The first kappa shape index (κ1) is 21.6. The van der Waals surface area contributed by atoms with Crippen molar-refractivity contribution in [3.8, 4) is 17.2 Å². The van der Waals surface area contributed by atoms with E-state index in [9.17, 15) is 4.79 Å². The number of Topliss-reactive ketones (excluding diaryl/α,β-unsaturated/α-hetero) is 1. The van der Waals surface area contributed by atoms with Gasteiger partial charge >= 0.3 is 0 Å². The molecule has 0 N–H and O–H groups in total. The lowest BCUT2D eigenvalue weighted by molar-refractivity contribution is 0.102. The number of ketones is 1. The number of fused-ring (bicyclic) bond motifs is 1. The molecule has 0 radical (unpaired) electrons. The summed E-state index contributed by atoms with van der Waals surface area (Å²) < 4.78 is 15.3. The van der Waals surface area contributed by atoms with Crippen LogP contribution in [0.15, 0.2) is 29.4 Å². The monoisotopic (exact) mass is 479 g/mol. The Morgan fingerprint density at radius 2 is 1.85 bits per heavy atom. The van der Waals surface area contributed by atoms with Crippen LogP contribution in [0.5, 0.6) is 11.5 Å². The molecule has 8 nitrogen and oxygen atoms in total. The number of nitrogens with zero attached hydrogens (tertiary/aromatic N) is 5. The highest BCUT2D eigenvalue weighted by Crippen LogP contribution is 2.41. The minimum Gasteiger partial charge on any atom is -0.454 e. The summed E-state index contributed by atoms with van der Waals surface area (Å²) in [4.78, 5) is 15.6. The van der Waals surface area contributed by atoms with Crippen LogP contribution in [0.3, 0.4) is 0 Å². The van der Waals surface area contributed by atoms with Gasteiger partial charge in [-0.2, -0.15) is 0 Å². The number of carbonyl (C=O) groups excluding carboxylic acids is 1. The van der Waals surface area contributed by atoms with Gasteiger partial charge in [-0.3, -0.25) is 9.36 Å². The molecule has 1 saturated carbocycles. The third-order valence-corrected chi connectivity index (χ3v) is 7.82. The van der Waals surface area contributed by atoms with E-state index in [1.54, 1.807) is 0 Å². The van der Waals surface area contributed by atoms with Gasteiger partial charge in [-0.15, -0.1) is 10.2 Å². The maximum Gasteiger partial charge on any atom is 0.231 e. The van der Waals surface area contributed by atoms with Crippen LogP contribution in [0.2, 0.25) is 0 Å². The topological polar surface area (TPSA) is 74.4 Å². The van der Waals surface area contributed by atoms with Crippen molar-refractivity contribution in [3.63, 3.8) is 0 Å². The molecule has 2 fully saturated rings. The molecule has 9 heteroatoms. The number of benzene rings is 1. The van der Waals surface area contributed by atoms with Gasteiger partial charge in [0.15, 0.2) is 22.4 Å². The van der Waals surface area contributed by atoms with Crippen molar-refractivity contribution in [2.24, 2.45) is 0 Å². The standard InChI is InChI=1S/C25H29N5O3S/c1-16-12-20(17(2)29(16)19-8-9-22-23(13-19)33-15-32-22)21(31)14-34-25-27-26-24(30(25)18-6-7-18)28-10-4-3-5-11-28/h8-9,12-13,18H,3-7,10-11,14-15H2,1-2H3. The van der Waals surface area contributed by atoms with Crippen LogP contribution in [0.25, 0.3) is 5.69 Å². The lowest BCUT2D eigenvalue weighted by Crippen LogP contribution is -2.31. The van der Waals surface area contributed by atoms with Crippen molar-refractivity contribution in [2.45, 2.75) is 57.1 Å². The Morgan fingerprint density at radius 1 is 1.06 bits per heavy atom. The minimum absolute atomic E-state index is 0.106. The molecule has 0 amide bonds. The molecule has 0 atom stereocenters. The Bertz CT molecular complexity index is 1240. The van der Waals surface area contributed by atoms with Crippen molar-refractivity contribution < 1.29 is 14.3 Å². The van der Waals surface area contributed by atoms with Gasteiger partial charge < -0.3 is 18.9 Å². The van der Waals surface area contributed by atoms with E-state index in [1.807, 2.05) is 38.1 Å². The fourth-order valence-corrected chi connectivity index (χ4v) is 5.89. The molecule has 2 aliphatic heterocycles. The van der Waals surface area contributed by atoms with Gasteiger partial charge in [-0.25, -0.2) is 0 Å². The summed E-state index contributed by atoms with van der Waals surface area (Å²) in [6.07, 6.45) is 6.03. The van der Waals surface area contributed by atoms with Crippen LogP contribution < -0.4 is 14.4 Å². The van der Waals surface area contributed by atoms with Crippen LogP contribution in [-0.4, -0.2) is 50.8 Å². The highest BCUT2D eigenvalue weighted by atomic mass is 32.2. The number of carbonyl (C=O) groups is 1. The molecule has 0 bridgehead atoms. The van der Waals surface area contributed by atoms with Gasteiger partial charge in [0, 0.05) is 47.8 Å². The van der Waals surface area contributed by atoms with Crippen LogP contribution >= 0.6 is 11.8 Å². The second-order valence-corrected chi connectivity index (χ2v) is 10.2. The summed E-state index contributed by atoms with van der Waals surface area (Å²) in [6, 6.07) is 8.33. The summed E-state index contributed by atoms with van der Waals surface area (Å²) in [6.45, 7) is 6.35. The molecule has 4 heterocycles. The first-order valence-corrected chi connectivity index (χ1v) is 13.0.